The molecule has 8 aromatic carbocycles. The molecule has 0 atom stereocenters. The molecule has 12 rings (SSSR count). The molecule has 6 heteroatoms. The fraction of sp³-hybridized carbons (Fsp3) is 0.232. The van der Waals surface area contributed by atoms with E-state index in [1.807, 2.05) is 36.4 Å². The van der Waals surface area contributed by atoms with Gasteiger partial charge in [-0.3, -0.25) is 0 Å². The third-order valence-corrected chi connectivity index (χ3v) is 15.4. The summed E-state index contributed by atoms with van der Waals surface area (Å²) in [6.45, 7) is 36.7. The van der Waals surface area contributed by atoms with Crippen LogP contribution in [0, 0.1) is 6.57 Å². The molecule has 6 nitrogen and oxygen atoms in total. The predicted molar refractivity (Wildman–Crippen MR) is 315 cm³/mol. The van der Waals surface area contributed by atoms with Crippen LogP contribution in [-0.2, 0) is 21.7 Å². The Hall–Kier alpha value is -8.27. The molecular formula is C69H63N5O. The Morgan fingerprint density at radius 3 is 1.21 bits per heavy atom. The molecule has 75 heavy (non-hydrogen) atoms. The van der Waals surface area contributed by atoms with Crippen LogP contribution < -0.4 is 0 Å². The van der Waals surface area contributed by atoms with Crippen molar-refractivity contribution in [2.45, 2.75) is 105 Å². The van der Waals surface area contributed by atoms with Crippen LogP contribution in [0.5, 0.6) is 0 Å². The summed E-state index contributed by atoms with van der Waals surface area (Å²) in [5, 5.41) is 6.39. The van der Waals surface area contributed by atoms with Crippen LogP contribution in [0.1, 0.15) is 105 Å². The summed E-state index contributed by atoms with van der Waals surface area (Å²) in [7, 11) is 0. The Morgan fingerprint density at radius 2 is 0.813 bits per heavy atom. The molecule has 0 saturated heterocycles. The number of para-hydroxylation sites is 1. The topological polar surface area (TPSA) is 53.1 Å². The minimum atomic E-state index is -0.0925. The lowest BCUT2D eigenvalue weighted by Crippen LogP contribution is -2.10. The quantitative estimate of drug-likeness (QED) is 0.162. The second kappa shape index (κ2) is 16.9. The van der Waals surface area contributed by atoms with Gasteiger partial charge in [0.05, 0.1) is 57.0 Å². The highest BCUT2D eigenvalue weighted by Crippen LogP contribution is 2.50. The van der Waals surface area contributed by atoms with E-state index in [0.29, 0.717) is 28.4 Å². The lowest BCUT2D eigenvalue weighted by molar-refractivity contribution is 0.590. The molecule has 0 saturated carbocycles. The summed E-state index contributed by atoms with van der Waals surface area (Å²) in [6, 6.07) is 58.7. The monoisotopic (exact) mass is 978 g/mol. The van der Waals surface area contributed by atoms with Crippen LogP contribution in [-0.4, -0.2) is 19.1 Å². The number of furan rings is 1. The highest BCUT2D eigenvalue weighted by atomic mass is 16.3. The summed E-state index contributed by atoms with van der Waals surface area (Å²) in [4.78, 5) is 15.3. The smallest absolute Gasteiger partial charge is 0.237 e. The van der Waals surface area contributed by atoms with E-state index in [-0.39, 0.29) is 21.7 Å². The van der Waals surface area contributed by atoms with Crippen molar-refractivity contribution >= 4 is 71.2 Å². The molecule has 0 amide bonds. The summed E-state index contributed by atoms with van der Waals surface area (Å²) in [6.07, 6.45) is 0. The van der Waals surface area contributed by atoms with Gasteiger partial charge in [0, 0.05) is 43.4 Å². The summed E-state index contributed by atoms with van der Waals surface area (Å²) in [5.41, 5.74) is 16.4. The third-order valence-electron chi connectivity index (χ3n) is 15.4. The zero-order chi connectivity index (χ0) is 52.5. The third kappa shape index (κ3) is 7.91. The van der Waals surface area contributed by atoms with E-state index in [0.717, 1.165) is 88.1 Å². The molecule has 0 bridgehead atoms. The first-order valence-corrected chi connectivity index (χ1v) is 26.3. The van der Waals surface area contributed by atoms with Gasteiger partial charge in [-0.25, -0.2) is 14.8 Å². The lowest BCUT2D eigenvalue weighted by Gasteiger charge is -2.20. The van der Waals surface area contributed by atoms with Gasteiger partial charge in [-0.2, -0.15) is 0 Å². The van der Waals surface area contributed by atoms with Crippen LogP contribution >= 0.6 is 0 Å². The molecule has 0 aliphatic rings. The zero-order valence-electron chi connectivity index (χ0n) is 45.2. The number of benzene rings is 8. The molecule has 0 aliphatic heterocycles. The van der Waals surface area contributed by atoms with Crippen LogP contribution in [0.15, 0.2) is 168 Å². The average Bonchev–Trinajstić information content (AvgIpc) is 4.07. The van der Waals surface area contributed by atoms with E-state index < -0.39 is 0 Å². The number of rotatable bonds is 5. The van der Waals surface area contributed by atoms with E-state index >= 15 is 0 Å². The van der Waals surface area contributed by atoms with E-state index in [1.165, 1.54) is 22.3 Å². The van der Waals surface area contributed by atoms with E-state index in [2.05, 4.69) is 224 Å². The highest BCUT2D eigenvalue weighted by Gasteiger charge is 2.30. The van der Waals surface area contributed by atoms with Gasteiger partial charge in [-0.1, -0.05) is 180 Å². The Bertz CT molecular complexity index is 4120. The molecule has 0 unspecified atom stereocenters. The maximum absolute atomic E-state index is 9.46. The number of nitrogens with zero attached hydrogens (tertiary/aromatic N) is 5. The van der Waals surface area contributed by atoms with Crippen molar-refractivity contribution in [3.8, 4) is 45.3 Å². The summed E-state index contributed by atoms with van der Waals surface area (Å²) in [5.74, 6) is 0.556. The van der Waals surface area contributed by atoms with Crippen molar-refractivity contribution in [2.75, 3.05) is 0 Å². The minimum absolute atomic E-state index is 0.0755. The average molecular weight is 978 g/mol. The van der Waals surface area contributed by atoms with Crippen molar-refractivity contribution in [1.82, 2.24) is 19.1 Å². The van der Waals surface area contributed by atoms with Crippen molar-refractivity contribution < 1.29 is 4.42 Å². The van der Waals surface area contributed by atoms with Crippen LogP contribution in [0.4, 0.5) is 5.69 Å². The molecule has 0 N–H and O–H groups in total. The zero-order valence-corrected chi connectivity index (χ0v) is 45.2. The normalized spacial score (nSPS) is 12.8. The molecule has 0 radical (unpaired) electrons. The molecule has 4 aromatic heterocycles. The van der Waals surface area contributed by atoms with Crippen LogP contribution in [0.3, 0.4) is 0 Å². The number of hydrogen-bond donors (Lipinski definition) is 0. The SMILES string of the molecule is [C-]#[N+]c1c(-n2c3ccc(C(C)(C)C)cc3c3cc(C(C)(C)C)ccc32)cc2c(oc3c(-c4nc(-c5ccccc5)cc(-c5ccccc5)n4)cccc32)c1-n1c2ccc(C(C)(C)C)cc2c2cc(C(C)(C)C)ccc21. The first kappa shape index (κ1) is 47.7. The van der Waals surface area contributed by atoms with Crippen molar-refractivity contribution in [1.29, 1.82) is 0 Å². The van der Waals surface area contributed by atoms with Gasteiger partial charge in [0.2, 0.25) is 5.69 Å². The number of aromatic nitrogens is 4. The second-order valence-electron chi connectivity index (χ2n) is 24.7. The van der Waals surface area contributed by atoms with E-state index in [1.54, 1.807) is 0 Å². The molecule has 4 heterocycles. The molecule has 12 aromatic rings. The maximum Gasteiger partial charge on any atom is 0.237 e. The van der Waals surface area contributed by atoms with E-state index in [9.17, 15) is 6.57 Å². The molecule has 0 spiro atoms. The number of fused-ring (bicyclic) bond motifs is 9. The molecule has 370 valence electrons. The van der Waals surface area contributed by atoms with Gasteiger partial charge in [0.15, 0.2) is 5.82 Å². The van der Waals surface area contributed by atoms with E-state index in [4.69, 9.17) is 14.4 Å². The minimum Gasteiger partial charge on any atom is -0.454 e. The van der Waals surface area contributed by atoms with Gasteiger partial charge in [-0.05, 0) is 111 Å². The van der Waals surface area contributed by atoms with Crippen molar-refractivity contribution in [3.05, 3.63) is 197 Å². The number of hydrogen-bond acceptors (Lipinski definition) is 3. The van der Waals surface area contributed by atoms with Gasteiger partial charge < -0.3 is 13.6 Å². The first-order chi connectivity index (χ1) is 35.7. The maximum atomic E-state index is 9.46. The van der Waals surface area contributed by atoms with Crippen molar-refractivity contribution in [3.63, 3.8) is 0 Å². The first-order valence-electron chi connectivity index (χ1n) is 26.3. The molecule has 0 fully saturated rings. The summed E-state index contributed by atoms with van der Waals surface area (Å²) >= 11 is 0. The Labute approximate surface area is 440 Å². The Morgan fingerprint density at radius 1 is 0.400 bits per heavy atom. The highest BCUT2D eigenvalue weighted by molar-refractivity contribution is 6.18. The predicted octanol–water partition coefficient (Wildman–Crippen LogP) is 19.3. The lowest BCUT2D eigenvalue weighted by atomic mass is 9.85. The Balaban J connectivity index is 1.25. The largest absolute Gasteiger partial charge is 0.454 e. The van der Waals surface area contributed by atoms with Crippen LogP contribution in [0.2, 0.25) is 0 Å². The fourth-order valence-corrected chi connectivity index (χ4v) is 11.1. The molecular weight excluding hydrogens is 915 g/mol. The van der Waals surface area contributed by atoms with Gasteiger partial charge in [-0.15, -0.1) is 0 Å². The fourth-order valence-electron chi connectivity index (χ4n) is 11.1. The van der Waals surface area contributed by atoms with Gasteiger partial charge in [0.1, 0.15) is 11.2 Å². The van der Waals surface area contributed by atoms with Crippen LogP contribution in [0.25, 0.3) is 116 Å². The Kier molecular flexibility index (Phi) is 10.7. The standard InChI is InChI=1S/C69H63N5O/c1-66(2,3)43-27-31-56-49(35-43)50-36-44(67(4,5)6)28-32-57(50)73(56)60-39-53-47-25-20-26-48(65-71-54(41-21-16-14-17-22-41)40-55(72-65)42-23-18-15-19-24-42)63(47)75-64(53)62(61(60)70-13)74-58-33-29-45(68(7,8)9)37-51(58)52-38-46(69(10,11)12)30-34-59(52)74/h14-40H,1-12H3. The van der Waals surface area contributed by atoms with Gasteiger partial charge >= 0.3 is 0 Å². The molecule has 0 aliphatic carbocycles. The van der Waals surface area contributed by atoms with Crippen molar-refractivity contribution in [2.24, 2.45) is 0 Å². The summed E-state index contributed by atoms with van der Waals surface area (Å²) < 4.78 is 12.1. The van der Waals surface area contributed by atoms with Gasteiger partial charge in [0.25, 0.3) is 0 Å². The second-order valence-corrected chi connectivity index (χ2v) is 24.7.